The lowest BCUT2D eigenvalue weighted by Crippen LogP contribution is -2.34. The third-order valence-corrected chi connectivity index (χ3v) is 3.75. The summed E-state index contributed by atoms with van der Waals surface area (Å²) in [6, 6.07) is 9.06. The van der Waals surface area contributed by atoms with E-state index in [1.807, 2.05) is 7.05 Å². The second-order valence-electron chi connectivity index (χ2n) is 5.80. The Kier molecular flexibility index (Phi) is 4.99. The van der Waals surface area contributed by atoms with Gasteiger partial charge in [0.05, 0.1) is 11.6 Å². The van der Waals surface area contributed by atoms with Crippen LogP contribution >= 0.6 is 0 Å². The second-order valence-corrected chi connectivity index (χ2v) is 5.80. The molecule has 0 radical (unpaired) electrons. The summed E-state index contributed by atoms with van der Waals surface area (Å²) in [6.45, 7) is 4.17. The zero-order valence-corrected chi connectivity index (χ0v) is 12.1. The normalized spacial score (nSPS) is 22.4. The van der Waals surface area contributed by atoms with E-state index in [1.54, 1.807) is 24.3 Å². The van der Waals surface area contributed by atoms with Crippen molar-refractivity contribution < 1.29 is 9.84 Å². The van der Waals surface area contributed by atoms with Crippen LogP contribution < -0.4 is 4.74 Å². The zero-order chi connectivity index (χ0) is 14.5. The first kappa shape index (κ1) is 14.8. The fourth-order valence-electron chi connectivity index (χ4n) is 2.39. The fraction of sp³-hybridized carbons (Fsp3) is 0.562. The van der Waals surface area contributed by atoms with Crippen molar-refractivity contribution in [2.24, 2.45) is 11.8 Å². The summed E-state index contributed by atoms with van der Waals surface area (Å²) in [5.74, 6) is 2.25. The molecule has 1 aliphatic rings. The summed E-state index contributed by atoms with van der Waals surface area (Å²) in [4.78, 5) is 2.16. The predicted octanol–water partition coefficient (Wildman–Crippen LogP) is 1.89. The SMILES string of the molecule is CC1CC1CN(C)CC(O)COc1cccc(C#N)c1. The Morgan fingerprint density at radius 1 is 1.55 bits per heavy atom. The number of aliphatic hydroxyl groups excluding tert-OH is 1. The van der Waals surface area contributed by atoms with Crippen LogP contribution in [0.3, 0.4) is 0 Å². The molecule has 0 spiro atoms. The Morgan fingerprint density at radius 3 is 2.95 bits per heavy atom. The van der Waals surface area contributed by atoms with Gasteiger partial charge >= 0.3 is 0 Å². The minimum absolute atomic E-state index is 0.249. The highest BCUT2D eigenvalue weighted by Gasteiger charge is 2.33. The lowest BCUT2D eigenvalue weighted by molar-refractivity contribution is 0.0747. The van der Waals surface area contributed by atoms with E-state index in [4.69, 9.17) is 10.00 Å². The largest absolute Gasteiger partial charge is 0.491 e. The first-order chi connectivity index (χ1) is 9.58. The summed E-state index contributed by atoms with van der Waals surface area (Å²) < 4.78 is 5.53. The van der Waals surface area contributed by atoms with Crippen molar-refractivity contribution in [1.29, 1.82) is 5.26 Å². The van der Waals surface area contributed by atoms with E-state index in [2.05, 4.69) is 17.9 Å². The summed E-state index contributed by atoms with van der Waals surface area (Å²) in [5.41, 5.74) is 0.567. The van der Waals surface area contributed by atoms with Gasteiger partial charge in [-0.2, -0.15) is 5.26 Å². The van der Waals surface area contributed by atoms with E-state index in [0.717, 1.165) is 18.4 Å². The maximum absolute atomic E-state index is 9.97. The molecule has 20 heavy (non-hydrogen) atoms. The van der Waals surface area contributed by atoms with Crippen molar-refractivity contribution >= 4 is 0 Å². The molecular formula is C16H22N2O2. The molecule has 1 aromatic rings. The number of hydrogen-bond acceptors (Lipinski definition) is 4. The van der Waals surface area contributed by atoms with Gasteiger partial charge in [-0.1, -0.05) is 13.0 Å². The van der Waals surface area contributed by atoms with Crippen LogP contribution in [0.25, 0.3) is 0 Å². The van der Waals surface area contributed by atoms with Crippen molar-refractivity contribution in [3.8, 4) is 11.8 Å². The Balaban J connectivity index is 1.71. The Bertz CT molecular complexity index is 484. The molecule has 0 aromatic heterocycles. The van der Waals surface area contributed by atoms with Crippen LogP contribution in [0, 0.1) is 23.2 Å². The predicted molar refractivity (Wildman–Crippen MR) is 77.4 cm³/mol. The Hall–Kier alpha value is -1.57. The van der Waals surface area contributed by atoms with Gasteiger partial charge in [-0.25, -0.2) is 0 Å². The van der Waals surface area contributed by atoms with Gasteiger partial charge in [-0.05, 0) is 43.5 Å². The molecule has 1 aromatic carbocycles. The van der Waals surface area contributed by atoms with Crippen molar-refractivity contribution in [3.05, 3.63) is 29.8 Å². The molecule has 0 heterocycles. The maximum atomic E-state index is 9.97. The Labute approximate surface area is 120 Å². The zero-order valence-electron chi connectivity index (χ0n) is 12.1. The van der Waals surface area contributed by atoms with Crippen LogP contribution in [-0.2, 0) is 0 Å². The highest BCUT2D eigenvalue weighted by Crippen LogP contribution is 2.37. The first-order valence-corrected chi connectivity index (χ1v) is 7.08. The summed E-state index contributed by atoms with van der Waals surface area (Å²) in [6.07, 6.45) is 0.789. The van der Waals surface area contributed by atoms with Gasteiger partial charge in [0.1, 0.15) is 18.5 Å². The second kappa shape index (κ2) is 6.74. The van der Waals surface area contributed by atoms with Gasteiger partial charge < -0.3 is 14.7 Å². The van der Waals surface area contributed by atoms with Gasteiger partial charge in [0.2, 0.25) is 0 Å². The summed E-state index contributed by atoms with van der Waals surface area (Å²) in [5, 5.41) is 18.8. The molecule has 1 N–H and O–H groups in total. The van der Waals surface area contributed by atoms with E-state index in [9.17, 15) is 5.11 Å². The van der Waals surface area contributed by atoms with Gasteiger partial charge in [0.15, 0.2) is 0 Å². The van der Waals surface area contributed by atoms with Crippen LogP contribution in [0.4, 0.5) is 0 Å². The van der Waals surface area contributed by atoms with E-state index in [0.29, 0.717) is 17.9 Å². The number of hydrogen-bond donors (Lipinski definition) is 1. The topological polar surface area (TPSA) is 56.5 Å². The van der Waals surface area contributed by atoms with Crippen molar-refractivity contribution in [2.45, 2.75) is 19.4 Å². The van der Waals surface area contributed by atoms with Crippen LogP contribution in [0.1, 0.15) is 18.9 Å². The number of rotatable bonds is 7. The lowest BCUT2D eigenvalue weighted by Gasteiger charge is -2.20. The molecule has 3 atom stereocenters. The average molecular weight is 274 g/mol. The minimum Gasteiger partial charge on any atom is -0.491 e. The molecule has 0 aliphatic heterocycles. The fourth-order valence-corrected chi connectivity index (χ4v) is 2.39. The molecule has 2 rings (SSSR count). The minimum atomic E-state index is -0.514. The number of benzene rings is 1. The van der Waals surface area contributed by atoms with Crippen LogP contribution in [0.15, 0.2) is 24.3 Å². The van der Waals surface area contributed by atoms with Crippen LogP contribution in [0.5, 0.6) is 5.75 Å². The molecule has 1 saturated carbocycles. The number of aliphatic hydroxyl groups is 1. The average Bonchev–Trinajstić information content (AvgIpc) is 3.11. The van der Waals surface area contributed by atoms with Crippen LogP contribution in [-0.4, -0.2) is 42.9 Å². The monoisotopic (exact) mass is 274 g/mol. The van der Waals surface area contributed by atoms with E-state index in [1.165, 1.54) is 6.42 Å². The number of likely N-dealkylation sites (N-methyl/N-ethyl adjacent to an activating group) is 1. The molecule has 3 unspecified atom stereocenters. The molecule has 108 valence electrons. The van der Waals surface area contributed by atoms with E-state index >= 15 is 0 Å². The third kappa shape index (κ3) is 4.52. The van der Waals surface area contributed by atoms with E-state index < -0.39 is 6.10 Å². The molecule has 0 bridgehead atoms. The van der Waals surface area contributed by atoms with Gasteiger partial charge in [0, 0.05) is 13.1 Å². The molecule has 4 nitrogen and oxygen atoms in total. The maximum Gasteiger partial charge on any atom is 0.120 e. The molecule has 1 aliphatic carbocycles. The molecular weight excluding hydrogens is 252 g/mol. The van der Waals surface area contributed by atoms with Crippen molar-refractivity contribution in [2.75, 3.05) is 26.7 Å². The van der Waals surface area contributed by atoms with Gasteiger partial charge in [-0.3, -0.25) is 0 Å². The highest BCUT2D eigenvalue weighted by atomic mass is 16.5. The number of nitriles is 1. The molecule has 0 saturated heterocycles. The van der Waals surface area contributed by atoms with Crippen molar-refractivity contribution in [3.63, 3.8) is 0 Å². The van der Waals surface area contributed by atoms with Gasteiger partial charge in [0.25, 0.3) is 0 Å². The summed E-state index contributed by atoms with van der Waals surface area (Å²) >= 11 is 0. The lowest BCUT2D eigenvalue weighted by atomic mass is 10.2. The summed E-state index contributed by atoms with van der Waals surface area (Å²) in [7, 11) is 2.03. The standard InChI is InChI=1S/C16H22N2O2/c1-12-6-14(12)9-18(2)10-15(19)11-20-16-5-3-4-13(7-16)8-17/h3-5,7,12,14-15,19H,6,9-11H2,1-2H3. The van der Waals surface area contributed by atoms with E-state index in [-0.39, 0.29) is 6.61 Å². The quantitative estimate of drug-likeness (QED) is 0.825. The number of nitrogens with zero attached hydrogens (tertiary/aromatic N) is 2. The number of ether oxygens (including phenoxy) is 1. The highest BCUT2D eigenvalue weighted by molar-refractivity contribution is 5.36. The van der Waals surface area contributed by atoms with Gasteiger partial charge in [-0.15, -0.1) is 0 Å². The third-order valence-electron chi connectivity index (χ3n) is 3.75. The van der Waals surface area contributed by atoms with Crippen molar-refractivity contribution in [1.82, 2.24) is 4.90 Å². The smallest absolute Gasteiger partial charge is 0.120 e. The van der Waals surface area contributed by atoms with Crippen LogP contribution in [0.2, 0.25) is 0 Å². The molecule has 1 fully saturated rings. The molecule has 0 amide bonds. The molecule has 4 heteroatoms. The Morgan fingerprint density at radius 2 is 2.30 bits per heavy atom. The first-order valence-electron chi connectivity index (χ1n) is 7.08.